The lowest BCUT2D eigenvalue weighted by atomic mass is 9.88. The van der Waals surface area contributed by atoms with Crippen molar-refractivity contribution in [3.05, 3.63) is 29.8 Å². The van der Waals surface area contributed by atoms with Crippen molar-refractivity contribution in [2.45, 2.75) is 31.6 Å². The van der Waals surface area contributed by atoms with Crippen LogP contribution in [0.3, 0.4) is 0 Å². The van der Waals surface area contributed by atoms with Crippen LogP contribution < -0.4 is 0 Å². The van der Waals surface area contributed by atoms with E-state index >= 15 is 0 Å². The summed E-state index contributed by atoms with van der Waals surface area (Å²) >= 11 is 0. The van der Waals surface area contributed by atoms with Gasteiger partial charge in [-0.1, -0.05) is 17.6 Å². The minimum Gasteiger partial charge on any atom is -0.507 e. The van der Waals surface area contributed by atoms with Crippen LogP contribution in [0.2, 0.25) is 0 Å². The molecule has 3 unspecified atom stereocenters. The molecule has 1 heterocycles. The van der Waals surface area contributed by atoms with Crippen LogP contribution in [0.15, 0.2) is 22.7 Å². The Hall–Kier alpha value is -1.91. The lowest BCUT2D eigenvalue weighted by molar-refractivity contribution is 0.371. The van der Waals surface area contributed by atoms with Crippen molar-refractivity contribution < 1.29 is 14.0 Å². The maximum atomic E-state index is 13.8. The summed E-state index contributed by atoms with van der Waals surface area (Å²) in [4.78, 5) is 4.33. The van der Waals surface area contributed by atoms with Crippen molar-refractivity contribution in [2.75, 3.05) is 0 Å². The molecule has 2 fully saturated rings. The van der Waals surface area contributed by atoms with Crippen molar-refractivity contribution in [1.29, 1.82) is 0 Å². The Bertz CT molecular complexity index is 635. The van der Waals surface area contributed by atoms with Gasteiger partial charge >= 0.3 is 0 Å². The van der Waals surface area contributed by atoms with Gasteiger partial charge in [-0.2, -0.15) is 4.98 Å². The first-order chi connectivity index (χ1) is 9.72. The quantitative estimate of drug-likeness (QED) is 0.910. The molecule has 2 aromatic rings. The Balaban J connectivity index is 1.69. The average molecular weight is 274 g/mol. The predicted molar refractivity (Wildman–Crippen MR) is 69.5 cm³/mol. The highest BCUT2D eigenvalue weighted by Gasteiger charge is 2.42. The summed E-state index contributed by atoms with van der Waals surface area (Å²) in [6.45, 7) is 0. The number of halogens is 1. The highest BCUT2D eigenvalue weighted by atomic mass is 19.1. The van der Waals surface area contributed by atoms with E-state index in [0.717, 1.165) is 12.3 Å². The van der Waals surface area contributed by atoms with Gasteiger partial charge in [-0.05, 0) is 43.2 Å². The molecule has 0 amide bonds. The summed E-state index contributed by atoms with van der Waals surface area (Å²) < 4.78 is 19.0. The molecule has 0 aliphatic heterocycles. The lowest BCUT2D eigenvalue weighted by Gasteiger charge is -2.17. The van der Waals surface area contributed by atoms with E-state index in [9.17, 15) is 9.50 Å². The van der Waals surface area contributed by atoms with Gasteiger partial charge in [0.1, 0.15) is 17.1 Å². The minimum atomic E-state index is -0.548. The third kappa shape index (κ3) is 1.72. The van der Waals surface area contributed by atoms with E-state index < -0.39 is 5.82 Å². The topological polar surface area (TPSA) is 59.2 Å². The zero-order valence-corrected chi connectivity index (χ0v) is 10.9. The van der Waals surface area contributed by atoms with Crippen LogP contribution in [0, 0.1) is 17.7 Å². The van der Waals surface area contributed by atoms with Gasteiger partial charge in [0, 0.05) is 5.92 Å². The lowest BCUT2D eigenvalue weighted by Crippen LogP contribution is -2.09. The number of fused-ring (bicyclic) bond motifs is 2. The molecule has 4 rings (SSSR count). The molecule has 20 heavy (non-hydrogen) atoms. The number of hydrogen-bond donors (Lipinski definition) is 1. The molecule has 1 aromatic carbocycles. The van der Waals surface area contributed by atoms with E-state index in [1.165, 1.54) is 37.5 Å². The Labute approximate surface area is 115 Å². The molecular formula is C15H15FN2O2. The molecular weight excluding hydrogens is 259 g/mol. The van der Waals surface area contributed by atoms with Crippen LogP contribution in [0.5, 0.6) is 5.75 Å². The summed E-state index contributed by atoms with van der Waals surface area (Å²) in [5, 5.41) is 13.8. The number of hydrogen-bond acceptors (Lipinski definition) is 4. The van der Waals surface area contributed by atoms with Gasteiger partial charge in [-0.25, -0.2) is 4.39 Å². The van der Waals surface area contributed by atoms with Crippen molar-refractivity contribution in [2.24, 2.45) is 11.8 Å². The number of rotatable bonds is 2. The van der Waals surface area contributed by atoms with E-state index in [1.807, 2.05) is 0 Å². The first kappa shape index (κ1) is 11.9. The van der Waals surface area contributed by atoms with Gasteiger partial charge in [0.25, 0.3) is 5.89 Å². The zero-order chi connectivity index (χ0) is 13.7. The normalized spacial score (nSPS) is 28.1. The molecule has 4 nitrogen and oxygen atoms in total. The second-order valence-electron chi connectivity index (χ2n) is 5.87. The Morgan fingerprint density at radius 3 is 2.85 bits per heavy atom. The zero-order valence-electron chi connectivity index (χ0n) is 10.9. The standard InChI is InChI=1S/C15H15FN2O2/c16-11-2-1-3-12(19)13(11)15-17-14(18-20-15)10-7-8-4-5-9(10)6-8/h1-3,8-10,19H,4-7H2. The number of aromatic hydroxyl groups is 1. The molecule has 2 saturated carbocycles. The Morgan fingerprint density at radius 1 is 1.25 bits per heavy atom. The monoisotopic (exact) mass is 274 g/mol. The second-order valence-corrected chi connectivity index (χ2v) is 5.87. The van der Waals surface area contributed by atoms with Gasteiger partial charge in [-0.15, -0.1) is 0 Å². The van der Waals surface area contributed by atoms with E-state index in [-0.39, 0.29) is 17.2 Å². The maximum absolute atomic E-state index is 13.8. The molecule has 0 radical (unpaired) electrons. The number of phenolic OH excluding ortho intramolecular Hbond substituents is 1. The Morgan fingerprint density at radius 2 is 2.15 bits per heavy atom. The summed E-state index contributed by atoms with van der Waals surface area (Å²) in [5.41, 5.74) is -0.00518. The predicted octanol–water partition coefficient (Wildman–Crippen LogP) is 3.48. The molecule has 1 N–H and O–H groups in total. The van der Waals surface area contributed by atoms with E-state index in [4.69, 9.17) is 4.52 Å². The number of benzene rings is 1. The van der Waals surface area contributed by atoms with Crippen LogP contribution in [-0.2, 0) is 0 Å². The van der Waals surface area contributed by atoms with Gasteiger partial charge in [-0.3, -0.25) is 0 Å². The summed E-state index contributed by atoms with van der Waals surface area (Å²) in [5.74, 6) is 1.77. The van der Waals surface area contributed by atoms with Crippen LogP contribution in [0.1, 0.15) is 37.4 Å². The molecule has 0 spiro atoms. The maximum Gasteiger partial charge on any atom is 0.264 e. The number of nitrogens with zero attached hydrogens (tertiary/aromatic N) is 2. The highest BCUT2D eigenvalue weighted by Crippen LogP contribution is 2.52. The molecule has 104 valence electrons. The van der Waals surface area contributed by atoms with Crippen molar-refractivity contribution >= 4 is 0 Å². The molecule has 2 aliphatic rings. The van der Waals surface area contributed by atoms with E-state index in [0.29, 0.717) is 17.7 Å². The molecule has 3 atom stereocenters. The van der Waals surface area contributed by atoms with E-state index in [2.05, 4.69) is 10.1 Å². The van der Waals surface area contributed by atoms with Crippen LogP contribution in [0.25, 0.3) is 11.5 Å². The SMILES string of the molecule is Oc1cccc(F)c1-c1nc(C2CC3CCC2C3)no1. The second kappa shape index (κ2) is 4.30. The van der Waals surface area contributed by atoms with Crippen LogP contribution in [0.4, 0.5) is 4.39 Å². The number of phenols is 1. The van der Waals surface area contributed by atoms with Crippen LogP contribution in [-0.4, -0.2) is 15.2 Å². The fraction of sp³-hybridized carbons (Fsp3) is 0.467. The van der Waals surface area contributed by atoms with Crippen molar-refractivity contribution in [3.8, 4) is 17.2 Å². The first-order valence-electron chi connectivity index (χ1n) is 7.04. The van der Waals surface area contributed by atoms with Gasteiger partial charge in [0.05, 0.1) is 0 Å². The van der Waals surface area contributed by atoms with Crippen molar-refractivity contribution in [1.82, 2.24) is 10.1 Å². The van der Waals surface area contributed by atoms with Gasteiger partial charge < -0.3 is 9.63 Å². The van der Waals surface area contributed by atoms with Gasteiger partial charge in [0.15, 0.2) is 5.82 Å². The third-order valence-corrected chi connectivity index (χ3v) is 4.72. The molecule has 2 bridgehead atoms. The number of aromatic nitrogens is 2. The molecule has 0 saturated heterocycles. The fourth-order valence-corrected chi connectivity index (χ4v) is 3.77. The Kier molecular flexibility index (Phi) is 2.55. The summed E-state index contributed by atoms with van der Waals surface area (Å²) in [6, 6.07) is 4.14. The summed E-state index contributed by atoms with van der Waals surface area (Å²) in [6.07, 6.45) is 4.89. The largest absolute Gasteiger partial charge is 0.507 e. The first-order valence-corrected chi connectivity index (χ1v) is 7.04. The fourth-order valence-electron chi connectivity index (χ4n) is 3.77. The van der Waals surface area contributed by atoms with Crippen LogP contribution >= 0.6 is 0 Å². The molecule has 5 heteroatoms. The van der Waals surface area contributed by atoms with Crippen molar-refractivity contribution in [3.63, 3.8) is 0 Å². The summed E-state index contributed by atoms with van der Waals surface area (Å²) in [7, 11) is 0. The van der Waals surface area contributed by atoms with Gasteiger partial charge in [0.2, 0.25) is 0 Å². The average Bonchev–Trinajstić information content (AvgIpc) is 3.14. The molecule has 1 aromatic heterocycles. The minimum absolute atomic E-state index is 0.00518. The highest BCUT2D eigenvalue weighted by molar-refractivity contribution is 5.62. The molecule has 2 aliphatic carbocycles. The third-order valence-electron chi connectivity index (χ3n) is 4.72. The smallest absolute Gasteiger partial charge is 0.264 e. The van der Waals surface area contributed by atoms with E-state index in [1.54, 1.807) is 0 Å².